The zero-order valence-corrected chi connectivity index (χ0v) is 14.1. The fraction of sp³-hybridized carbons (Fsp3) is 0.294. The third-order valence-electron chi connectivity index (χ3n) is 4.11. The van der Waals surface area contributed by atoms with E-state index < -0.39 is 17.5 Å². The summed E-state index contributed by atoms with van der Waals surface area (Å²) in [5.74, 6) is -1.61. The van der Waals surface area contributed by atoms with Crippen molar-refractivity contribution in [1.29, 1.82) is 0 Å². The molecule has 3 rings (SSSR count). The van der Waals surface area contributed by atoms with Gasteiger partial charge in [0.25, 0.3) is 5.91 Å². The SMILES string of the molecule is CC(=O)N1CCN(c2ccc(C(=O)Nc3ccc(F)cc3F)nn2)CC1. The van der Waals surface area contributed by atoms with Crippen LogP contribution in [0.25, 0.3) is 0 Å². The fourth-order valence-corrected chi connectivity index (χ4v) is 2.64. The lowest BCUT2D eigenvalue weighted by atomic mass is 10.2. The van der Waals surface area contributed by atoms with E-state index in [1.165, 1.54) is 13.0 Å². The number of nitrogens with one attached hydrogen (secondary N) is 1. The number of carbonyl (C=O) groups is 2. The van der Waals surface area contributed by atoms with Crippen molar-refractivity contribution in [2.75, 3.05) is 36.4 Å². The number of aromatic nitrogens is 2. The van der Waals surface area contributed by atoms with Crippen molar-refractivity contribution in [1.82, 2.24) is 15.1 Å². The molecule has 2 heterocycles. The summed E-state index contributed by atoms with van der Waals surface area (Å²) in [4.78, 5) is 27.2. The number of piperazine rings is 1. The van der Waals surface area contributed by atoms with Crippen molar-refractivity contribution in [2.45, 2.75) is 6.92 Å². The lowest BCUT2D eigenvalue weighted by Crippen LogP contribution is -2.48. The first-order chi connectivity index (χ1) is 12.4. The van der Waals surface area contributed by atoms with Crippen molar-refractivity contribution < 1.29 is 18.4 Å². The smallest absolute Gasteiger partial charge is 0.276 e. The van der Waals surface area contributed by atoms with Gasteiger partial charge in [-0.2, -0.15) is 0 Å². The number of anilines is 2. The molecule has 0 aliphatic carbocycles. The van der Waals surface area contributed by atoms with Crippen molar-refractivity contribution in [3.63, 3.8) is 0 Å². The minimum Gasteiger partial charge on any atom is -0.352 e. The molecule has 9 heteroatoms. The van der Waals surface area contributed by atoms with Gasteiger partial charge in [0, 0.05) is 39.2 Å². The molecule has 0 radical (unpaired) electrons. The molecule has 1 saturated heterocycles. The quantitative estimate of drug-likeness (QED) is 0.900. The van der Waals surface area contributed by atoms with E-state index >= 15 is 0 Å². The molecule has 2 amide bonds. The van der Waals surface area contributed by atoms with E-state index in [1.54, 1.807) is 11.0 Å². The van der Waals surface area contributed by atoms with Gasteiger partial charge in [-0.15, -0.1) is 10.2 Å². The molecule has 0 spiro atoms. The van der Waals surface area contributed by atoms with Gasteiger partial charge in [0.2, 0.25) is 5.91 Å². The molecule has 1 aromatic heterocycles. The van der Waals surface area contributed by atoms with Crippen molar-refractivity contribution in [2.24, 2.45) is 0 Å². The normalized spacial score (nSPS) is 14.3. The van der Waals surface area contributed by atoms with Crippen molar-refractivity contribution >= 4 is 23.3 Å². The van der Waals surface area contributed by atoms with Crippen molar-refractivity contribution in [3.8, 4) is 0 Å². The van der Waals surface area contributed by atoms with Gasteiger partial charge >= 0.3 is 0 Å². The van der Waals surface area contributed by atoms with E-state index in [4.69, 9.17) is 0 Å². The number of nitrogens with zero attached hydrogens (tertiary/aromatic N) is 4. The van der Waals surface area contributed by atoms with Gasteiger partial charge in [-0.05, 0) is 24.3 Å². The van der Waals surface area contributed by atoms with Crippen LogP contribution in [-0.4, -0.2) is 53.1 Å². The van der Waals surface area contributed by atoms with E-state index in [2.05, 4.69) is 15.5 Å². The predicted molar refractivity (Wildman–Crippen MR) is 90.8 cm³/mol. The number of hydrogen-bond donors (Lipinski definition) is 1. The maximum Gasteiger partial charge on any atom is 0.276 e. The summed E-state index contributed by atoms with van der Waals surface area (Å²) in [5, 5.41) is 10.2. The van der Waals surface area contributed by atoms with Gasteiger partial charge in [-0.25, -0.2) is 8.78 Å². The Kier molecular flexibility index (Phi) is 5.06. The van der Waals surface area contributed by atoms with E-state index in [0.717, 1.165) is 12.1 Å². The van der Waals surface area contributed by atoms with E-state index in [9.17, 15) is 18.4 Å². The third kappa shape index (κ3) is 3.93. The van der Waals surface area contributed by atoms with Gasteiger partial charge in [-0.1, -0.05) is 0 Å². The molecule has 1 fully saturated rings. The van der Waals surface area contributed by atoms with E-state index in [1.807, 2.05) is 4.90 Å². The summed E-state index contributed by atoms with van der Waals surface area (Å²) >= 11 is 0. The average Bonchev–Trinajstić information content (AvgIpc) is 2.64. The highest BCUT2D eigenvalue weighted by Gasteiger charge is 2.20. The first-order valence-electron chi connectivity index (χ1n) is 8.04. The van der Waals surface area contributed by atoms with Crippen LogP contribution in [0.1, 0.15) is 17.4 Å². The predicted octanol–water partition coefficient (Wildman–Crippen LogP) is 1.68. The summed E-state index contributed by atoms with van der Waals surface area (Å²) in [6, 6.07) is 6.00. The highest BCUT2D eigenvalue weighted by Crippen LogP contribution is 2.17. The molecule has 26 heavy (non-hydrogen) atoms. The van der Waals surface area contributed by atoms with Crippen LogP contribution in [0.15, 0.2) is 30.3 Å². The third-order valence-corrected chi connectivity index (χ3v) is 4.11. The average molecular weight is 361 g/mol. The Hall–Kier alpha value is -3.10. The second-order valence-corrected chi connectivity index (χ2v) is 5.85. The molecular weight excluding hydrogens is 344 g/mol. The topological polar surface area (TPSA) is 78.4 Å². The van der Waals surface area contributed by atoms with E-state index in [-0.39, 0.29) is 17.3 Å². The molecule has 0 bridgehead atoms. The van der Waals surface area contributed by atoms with Gasteiger partial charge in [0.1, 0.15) is 11.6 Å². The van der Waals surface area contributed by atoms with Crippen LogP contribution in [0.4, 0.5) is 20.3 Å². The van der Waals surface area contributed by atoms with Gasteiger partial charge in [0.15, 0.2) is 11.5 Å². The molecular formula is C17H17F2N5O2. The minimum absolute atomic E-state index is 0.0137. The van der Waals surface area contributed by atoms with Gasteiger partial charge in [0.05, 0.1) is 5.69 Å². The van der Waals surface area contributed by atoms with Crippen molar-refractivity contribution in [3.05, 3.63) is 47.7 Å². The molecule has 0 unspecified atom stereocenters. The summed E-state index contributed by atoms with van der Waals surface area (Å²) in [6.07, 6.45) is 0. The van der Waals surface area contributed by atoms with E-state index in [0.29, 0.717) is 38.1 Å². The van der Waals surface area contributed by atoms with Crippen LogP contribution in [0.2, 0.25) is 0 Å². The Morgan fingerprint density at radius 1 is 1.04 bits per heavy atom. The monoisotopic (exact) mass is 361 g/mol. The number of halogens is 2. The number of carbonyl (C=O) groups excluding carboxylic acids is 2. The second-order valence-electron chi connectivity index (χ2n) is 5.85. The summed E-state index contributed by atoms with van der Waals surface area (Å²) in [7, 11) is 0. The zero-order chi connectivity index (χ0) is 18.7. The van der Waals surface area contributed by atoms with Gasteiger partial charge < -0.3 is 15.1 Å². The van der Waals surface area contributed by atoms with Crippen LogP contribution >= 0.6 is 0 Å². The maximum absolute atomic E-state index is 13.6. The van der Waals surface area contributed by atoms with Crippen LogP contribution < -0.4 is 10.2 Å². The second kappa shape index (κ2) is 7.42. The largest absolute Gasteiger partial charge is 0.352 e. The number of rotatable bonds is 3. The molecule has 1 aromatic carbocycles. The zero-order valence-electron chi connectivity index (χ0n) is 14.1. The number of benzene rings is 1. The Labute approximate surface area is 148 Å². The molecule has 2 aromatic rings. The Morgan fingerprint density at radius 2 is 1.77 bits per heavy atom. The molecule has 136 valence electrons. The first kappa shape index (κ1) is 17.7. The van der Waals surface area contributed by atoms with Crippen LogP contribution in [0.5, 0.6) is 0 Å². The Balaban J connectivity index is 1.64. The van der Waals surface area contributed by atoms with Crippen LogP contribution in [0, 0.1) is 11.6 Å². The number of amides is 2. The standard InChI is InChI=1S/C17H17F2N5O2/c1-11(25)23-6-8-24(9-7-23)16-5-4-15(21-22-16)17(26)20-14-3-2-12(18)10-13(14)19/h2-5,10H,6-9H2,1H3,(H,20,26). The van der Waals surface area contributed by atoms with Crippen LogP contribution in [0.3, 0.4) is 0 Å². The summed E-state index contributed by atoms with van der Waals surface area (Å²) in [5.41, 5.74) is -0.123. The van der Waals surface area contributed by atoms with Crippen LogP contribution in [-0.2, 0) is 4.79 Å². The highest BCUT2D eigenvalue weighted by molar-refractivity contribution is 6.02. The maximum atomic E-state index is 13.6. The minimum atomic E-state index is -0.869. The Bertz CT molecular complexity index is 820. The fourth-order valence-electron chi connectivity index (χ4n) is 2.64. The summed E-state index contributed by atoms with van der Waals surface area (Å²) in [6.45, 7) is 3.99. The molecule has 0 saturated carbocycles. The summed E-state index contributed by atoms with van der Waals surface area (Å²) < 4.78 is 26.5. The highest BCUT2D eigenvalue weighted by atomic mass is 19.1. The molecule has 7 nitrogen and oxygen atoms in total. The molecule has 0 atom stereocenters. The molecule has 1 N–H and O–H groups in total. The lowest BCUT2D eigenvalue weighted by Gasteiger charge is -2.34. The van der Waals surface area contributed by atoms with Gasteiger partial charge in [-0.3, -0.25) is 9.59 Å². The Morgan fingerprint density at radius 3 is 2.35 bits per heavy atom. The lowest BCUT2D eigenvalue weighted by molar-refractivity contribution is -0.129. The first-order valence-corrected chi connectivity index (χ1v) is 8.04. The molecule has 1 aliphatic heterocycles. The number of hydrogen-bond acceptors (Lipinski definition) is 5. The molecule has 1 aliphatic rings.